The van der Waals surface area contributed by atoms with Crippen LogP contribution in [0.3, 0.4) is 0 Å². The fourth-order valence-corrected chi connectivity index (χ4v) is 4.78. The number of piperidine rings is 2. The van der Waals surface area contributed by atoms with Gasteiger partial charge in [0, 0.05) is 37.6 Å². The predicted octanol–water partition coefficient (Wildman–Crippen LogP) is 2.59. The molecule has 3 aromatic rings. The topological polar surface area (TPSA) is 74.5 Å². The number of para-hydroxylation sites is 1. The van der Waals surface area contributed by atoms with Crippen molar-refractivity contribution < 1.29 is 5.11 Å². The van der Waals surface area contributed by atoms with Gasteiger partial charge in [-0.15, -0.1) is 0 Å². The van der Waals surface area contributed by atoms with Gasteiger partial charge in [0.15, 0.2) is 0 Å². The van der Waals surface area contributed by atoms with Crippen LogP contribution in [0.4, 0.5) is 5.69 Å². The van der Waals surface area contributed by atoms with Crippen LogP contribution in [-0.4, -0.2) is 57.1 Å². The minimum atomic E-state index is -0.227. The zero-order valence-corrected chi connectivity index (χ0v) is 17.7. The van der Waals surface area contributed by atoms with Crippen LogP contribution in [0, 0.1) is 0 Å². The highest BCUT2D eigenvalue weighted by Gasteiger charge is 2.24. The van der Waals surface area contributed by atoms with E-state index in [0.29, 0.717) is 0 Å². The maximum atomic E-state index is 12.9. The third-order valence-corrected chi connectivity index (χ3v) is 6.51. The summed E-state index contributed by atoms with van der Waals surface area (Å²) in [6.07, 6.45) is 5.06. The van der Waals surface area contributed by atoms with Gasteiger partial charge in [-0.3, -0.25) is 14.7 Å². The molecule has 5 rings (SSSR count). The summed E-state index contributed by atoms with van der Waals surface area (Å²) in [5.41, 5.74) is 2.90. The zero-order valence-electron chi connectivity index (χ0n) is 17.7. The second-order valence-corrected chi connectivity index (χ2v) is 8.74. The van der Waals surface area contributed by atoms with E-state index in [9.17, 15) is 9.90 Å². The molecule has 0 bridgehead atoms. The Morgan fingerprint density at radius 1 is 1.03 bits per heavy atom. The first-order valence-electron chi connectivity index (χ1n) is 11.2. The van der Waals surface area contributed by atoms with E-state index in [-0.39, 0.29) is 17.7 Å². The largest absolute Gasteiger partial charge is 0.393 e. The number of aliphatic hydroxyl groups excluding tert-OH is 1. The molecular formula is C24H29N5O2. The number of aromatic nitrogens is 3. The lowest BCUT2D eigenvalue weighted by Crippen LogP contribution is -2.41. The van der Waals surface area contributed by atoms with E-state index in [1.165, 1.54) is 0 Å². The Kier molecular flexibility index (Phi) is 5.70. The second-order valence-electron chi connectivity index (χ2n) is 8.74. The summed E-state index contributed by atoms with van der Waals surface area (Å²) in [4.78, 5) is 22.2. The molecule has 1 N–H and O–H groups in total. The summed E-state index contributed by atoms with van der Waals surface area (Å²) in [6.45, 7) is 4.12. The Morgan fingerprint density at radius 2 is 1.87 bits per heavy atom. The van der Waals surface area contributed by atoms with Crippen LogP contribution in [-0.2, 0) is 6.54 Å². The molecule has 7 heteroatoms. The Morgan fingerprint density at radius 3 is 2.71 bits per heavy atom. The van der Waals surface area contributed by atoms with Crippen LogP contribution in [0.15, 0.2) is 53.5 Å². The van der Waals surface area contributed by atoms with Crippen molar-refractivity contribution in [2.75, 3.05) is 31.1 Å². The summed E-state index contributed by atoms with van der Waals surface area (Å²) >= 11 is 0. The van der Waals surface area contributed by atoms with Gasteiger partial charge in [0.05, 0.1) is 35.2 Å². The molecule has 0 radical (unpaired) electrons. The predicted molar refractivity (Wildman–Crippen MR) is 121 cm³/mol. The van der Waals surface area contributed by atoms with Gasteiger partial charge < -0.3 is 10.0 Å². The van der Waals surface area contributed by atoms with Gasteiger partial charge in [-0.2, -0.15) is 5.10 Å². The SMILES string of the molecule is O=c1cc(N2CCC(O)CC2)cnn1[C@@H]1CCCN(Cc2ccc3ccccc3n2)C1. The fourth-order valence-electron chi connectivity index (χ4n) is 4.78. The van der Waals surface area contributed by atoms with Gasteiger partial charge in [-0.25, -0.2) is 4.68 Å². The van der Waals surface area contributed by atoms with Crippen LogP contribution in [0.2, 0.25) is 0 Å². The highest BCUT2D eigenvalue weighted by Crippen LogP contribution is 2.23. The van der Waals surface area contributed by atoms with Crippen molar-refractivity contribution in [3.05, 3.63) is 64.7 Å². The van der Waals surface area contributed by atoms with Crippen molar-refractivity contribution >= 4 is 16.6 Å². The lowest BCUT2D eigenvalue weighted by Gasteiger charge is -2.33. The molecule has 0 unspecified atom stereocenters. The third kappa shape index (κ3) is 4.48. The molecule has 0 aliphatic carbocycles. The molecule has 1 aromatic carbocycles. The van der Waals surface area contributed by atoms with E-state index >= 15 is 0 Å². The summed E-state index contributed by atoms with van der Waals surface area (Å²) in [5, 5.41) is 15.4. The quantitative estimate of drug-likeness (QED) is 0.701. The number of hydrogen-bond acceptors (Lipinski definition) is 6. The number of anilines is 1. The Bertz CT molecular complexity index is 1110. The molecule has 4 heterocycles. The van der Waals surface area contributed by atoms with E-state index < -0.39 is 0 Å². The Balaban J connectivity index is 1.28. The van der Waals surface area contributed by atoms with Crippen molar-refractivity contribution in [1.29, 1.82) is 0 Å². The molecule has 1 atom stereocenters. The maximum Gasteiger partial charge on any atom is 0.269 e. The molecule has 0 amide bonds. The lowest BCUT2D eigenvalue weighted by molar-refractivity contribution is 0.145. The van der Waals surface area contributed by atoms with Gasteiger partial charge in [0.2, 0.25) is 0 Å². The monoisotopic (exact) mass is 419 g/mol. The number of rotatable bonds is 4. The van der Waals surface area contributed by atoms with E-state index in [2.05, 4.69) is 33.1 Å². The van der Waals surface area contributed by atoms with E-state index in [0.717, 1.165) is 80.7 Å². The number of hydrogen-bond donors (Lipinski definition) is 1. The van der Waals surface area contributed by atoms with Crippen molar-refractivity contribution in [3.8, 4) is 0 Å². The number of fused-ring (bicyclic) bond motifs is 1. The van der Waals surface area contributed by atoms with Gasteiger partial charge in [0.1, 0.15) is 0 Å². The molecule has 31 heavy (non-hydrogen) atoms. The molecule has 162 valence electrons. The van der Waals surface area contributed by atoms with E-state index in [1.807, 2.05) is 24.4 Å². The zero-order chi connectivity index (χ0) is 21.2. The maximum absolute atomic E-state index is 12.9. The number of benzene rings is 1. The first-order chi connectivity index (χ1) is 15.2. The first-order valence-corrected chi connectivity index (χ1v) is 11.2. The number of nitrogens with zero attached hydrogens (tertiary/aromatic N) is 5. The van der Waals surface area contributed by atoms with Gasteiger partial charge in [-0.05, 0) is 44.4 Å². The molecule has 2 aromatic heterocycles. The number of likely N-dealkylation sites (tertiary alicyclic amines) is 1. The Hall–Kier alpha value is -2.77. The van der Waals surface area contributed by atoms with Crippen LogP contribution in [0.5, 0.6) is 0 Å². The summed E-state index contributed by atoms with van der Waals surface area (Å²) in [7, 11) is 0. The minimum absolute atomic E-state index is 0.0423. The molecule has 2 aliphatic rings. The standard InChI is InChI=1S/C24H29N5O2/c30-22-9-12-28(13-10-22)21-14-24(31)29(25-15-21)20-5-3-11-27(17-20)16-19-8-7-18-4-1-2-6-23(18)26-19/h1-2,4,6-8,14-15,20,22,30H,3,5,9-13,16-17H2/t20-/m1/s1. The highest BCUT2D eigenvalue weighted by molar-refractivity contribution is 5.78. The fraction of sp³-hybridized carbons (Fsp3) is 0.458. The molecule has 2 fully saturated rings. The third-order valence-electron chi connectivity index (χ3n) is 6.51. The van der Waals surface area contributed by atoms with Crippen LogP contribution in [0.1, 0.15) is 37.4 Å². The lowest BCUT2D eigenvalue weighted by atomic mass is 10.1. The van der Waals surface area contributed by atoms with Gasteiger partial charge in [-0.1, -0.05) is 24.3 Å². The van der Waals surface area contributed by atoms with Crippen LogP contribution >= 0.6 is 0 Å². The van der Waals surface area contributed by atoms with Gasteiger partial charge in [0.25, 0.3) is 5.56 Å². The van der Waals surface area contributed by atoms with E-state index in [1.54, 1.807) is 10.7 Å². The van der Waals surface area contributed by atoms with Crippen molar-refractivity contribution in [2.24, 2.45) is 0 Å². The molecular weight excluding hydrogens is 390 g/mol. The molecule has 0 spiro atoms. The number of aliphatic hydroxyl groups is 1. The van der Waals surface area contributed by atoms with Crippen molar-refractivity contribution in [2.45, 2.75) is 44.4 Å². The first kappa shape index (κ1) is 20.2. The smallest absolute Gasteiger partial charge is 0.269 e. The molecule has 0 saturated carbocycles. The second kappa shape index (κ2) is 8.77. The van der Waals surface area contributed by atoms with Gasteiger partial charge >= 0.3 is 0 Å². The van der Waals surface area contributed by atoms with Crippen LogP contribution < -0.4 is 10.5 Å². The Labute approximate surface area is 181 Å². The minimum Gasteiger partial charge on any atom is -0.393 e. The molecule has 2 saturated heterocycles. The summed E-state index contributed by atoms with van der Waals surface area (Å²) in [6, 6.07) is 14.2. The van der Waals surface area contributed by atoms with E-state index in [4.69, 9.17) is 4.98 Å². The molecule has 2 aliphatic heterocycles. The van der Waals surface area contributed by atoms with Crippen LogP contribution in [0.25, 0.3) is 10.9 Å². The molecule has 7 nitrogen and oxygen atoms in total. The summed E-state index contributed by atoms with van der Waals surface area (Å²) in [5.74, 6) is 0. The summed E-state index contributed by atoms with van der Waals surface area (Å²) < 4.78 is 1.66. The van der Waals surface area contributed by atoms with Crippen molar-refractivity contribution in [3.63, 3.8) is 0 Å². The average molecular weight is 420 g/mol. The normalized spacial score (nSPS) is 20.9. The average Bonchev–Trinajstić information content (AvgIpc) is 2.79. The highest BCUT2D eigenvalue weighted by atomic mass is 16.3. The van der Waals surface area contributed by atoms with Crippen molar-refractivity contribution in [1.82, 2.24) is 19.7 Å². The number of pyridine rings is 1.